The molecule has 2 aromatic heterocycles. The maximum absolute atomic E-state index is 11.5. The average Bonchev–Trinajstić information content (AvgIpc) is 3.50. The number of hydrogen-bond acceptors (Lipinski definition) is 12. The minimum atomic E-state index is -0.998. The normalized spacial score (nSPS) is 15.3. The molecule has 1 aromatic carbocycles. The maximum atomic E-state index is 11.5. The molecule has 0 amide bonds. The van der Waals surface area contributed by atoms with Gasteiger partial charge in [-0.05, 0) is 38.1 Å². The van der Waals surface area contributed by atoms with E-state index in [4.69, 9.17) is 24.2 Å². The fraction of sp³-hybridized carbons (Fsp3) is 0.462. The first-order valence-electron chi connectivity index (χ1n) is 12.7. The number of rotatable bonds is 9. The van der Waals surface area contributed by atoms with Gasteiger partial charge in [-0.3, -0.25) is 5.32 Å². The zero-order chi connectivity index (χ0) is 27.7. The number of methoxy groups -OCH3 is 3. The Kier molecular flexibility index (Phi) is 7.62. The van der Waals surface area contributed by atoms with Gasteiger partial charge in [-0.2, -0.15) is 9.97 Å². The Morgan fingerprint density at radius 1 is 1.00 bits per heavy atom. The Hall–Kier alpha value is -3.84. The van der Waals surface area contributed by atoms with Crippen LogP contribution in [-0.4, -0.2) is 92.0 Å². The zero-order valence-electron chi connectivity index (χ0n) is 22.8. The van der Waals surface area contributed by atoms with Crippen molar-refractivity contribution in [3.8, 4) is 17.2 Å². The number of aromatic nitrogens is 3. The SMILES string of the molecule is COc1cc(CN2CCc3c(N4CCN(C)CC4)nc(Nc4nc(C)c(C(=O)O)s4)nc32)cc(OC)c1OC. The molecule has 4 heterocycles. The lowest BCUT2D eigenvalue weighted by Crippen LogP contribution is -2.45. The smallest absolute Gasteiger partial charge is 0.347 e. The van der Waals surface area contributed by atoms with Crippen LogP contribution in [0.1, 0.15) is 26.5 Å². The van der Waals surface area contributed by atoms with Gasteiger partial charge in [0.25, 0.3) is 0 Å². The largest absolute Gasteiger partial charge is 0.493 e. The first kappa shape index (κ1) is 26.8. The van der Waals surface area contributed by atoms with Crippen molar-refractivity contribution in [1.82, 2.24) is 19.9 Å². The second-order valence-electron chi connectivity index (χ2n) is 9.53. The molecule has 0 unspecified atom stereocenters. The Labute approximate surface area is 231 Å². The number of nitrogens with zero attached hydrogens (tertiary/aromatic N) is 6. The predicted octanol–water partition coefficient (Wildman–Crippen LogP) is 3.02. The molecule has 2 aliphatic heterocycles. The lowest BCUT2D eigenvalue weighted by molar-refractivity contribution is 0.0701. The number of carbonyl (C=O) groups is 1. The van der Waals surface area contributed by atoms with E-state index in [2.05, 4.69) is 32.0 Å². The summed E-state index contributed by atoms with van der Waals surface area (Å²) >= 11 is 1.08. The summed E-state index contributed by atoms with van der Waals surface area (Å²) in [6, 6.07) is 3.90. The highest BCUT2D eigenvalue weighted by molar-refractivity contribution is 7.17. The first-order chi connectivity index (χ1) is 18.8. The number of piperazine rings is 1. The van der Waals surface area contributed by atoms with Gasteiger partial charge in [0.2, 0.25) is 11.7 Å². The zero-order valence-corrected chi connectivity index (χ0v) is 23.6. The van der Waals surface area contributed by atoms with Crippen molar-refractivity contribution in [2.24, 2.45) is 0 Å². The van der Waals surface area contributed by atoms with E-state index in [-0.39, 0.29) is 4.88 Å². The third-order valence-electron chi connectivity index (χ3n) is 7.01. The molecule has 0 aliphatic carbocycles. The Balaban J connectivity index is 1.51. The number of likely N-dealkylation sites (N-methyl/N-ethyl adjacent to an activating group) is 1. The van der Waals surface area contributed by atoms with Gasteiger partial charge < -0.3 is 34.0 Å². The van der Waals surface area contributed by atoms with Crippen LogP contribution in [0.3, 0.4) is 0 Å². The molecule has 2 aliphatic rings. The summed E-state index contributed by atoms with van der Waals surface area (Å²) in [5, 5.41) is 13.1. The molecular weight excluding hydrogens is 522 g/mol. The third-order valence-corrected chi connectivity index (χ3v) is 8.07. The summed E-state index contributed by atoms with van der Waals surface area (Å²) in [7, 11) is 6.93. The van der Waals surface area contributed by atoms with Crippen molar-refractivity contribution in [2.45, 2.75) is 19.9 Å². The summed E-state index contributed by atoms with van der Waals surface area (Å²) in [6.45, 7) is 6.68. The fourth-order valence-corrected chi connectivity index (χ4v) is 5.78. The van der Waals surface area contributed by atoms with E-state index in [0.717, 1.165) is 73.2 Å². The van der Waals surface area contributed by atoms with E-state index in [1.54, 1.807) is 28.3 Å². The molecule has 39 heavy (non-hydrogen) atoms. The average molecular weight is 556 g/mol. The lowest BCUT2D eigenvalue weighted by atomic mass is 10.1. The number of carboxylic acid groups (broad SMARTS) is 1. The number of fused-ring (bicyclic) bond motifs is 1. The van der Waals surface area contributed by atoms with E-state index in [0.29, 0.717) is 40.6 Å². The van der Waals surface area contributed by atoms with Crippen LogP contribution in [0, 0.1) is 6.92 Å². The van der Waals surface area contributed by atoms with Crippen molar-refractivity contribution in [3.05, 3.63) is 33.8 Å². The minimum absolute atomic E-state index is 0.196. The summed E-state index contributed by atoms with van der Waals surface area (Å²) in [4.78, 5) is 32.8. The van der Waals surface area contributed by atoms with Crippen LogP contribution in [0.25, 0.3) is 0 Å². The molecule has 12 nitrogen and oxygen atoms in total. The van der Waals surface area contributed by atoms with Crippen molar-refractivity contribution in [2.75, 3.05) is 76.2 Å². The van der Waals surface area contributed by atoms with E-state index >= 15 is 0 Å². The minimum Gasteiger partial charge on any atom is -0.493 e. The number of thiazole rings is 1. The molecule has 5 rings (SSSR count). The second-order valence-corrected chi connectivity index (χ2v) is 10.5. The van der Waals surface area contributed by atoms with Crippen molar-refractivity contribution >= 4 is 40.0 Å². The number of aromatic carboxylic acids is 1. The van der Waals surface area contributed by atoms with Gasteiger partial charge in [0.15, 0.2) is 16.6 Å². The number of aryl methyl sites for hydroxylation is 1. The molecule has 0 radical (unpaired) electrons. The van der Waals surface area contributed by atoms with Gasteiger partial charge >= 0.3 is 5.97 Å². The van der Waals surface area contributed by atoms with Crippen LogP contribution < -0.4 is 29.3 Å². The Morgan fingerprint density at radius 2 is 1.67 bits per heavy atom. The molecule has 2 N–H and O–H groups in total. The molecular formula is C26H33N7O5S. The van der Waals surface area contributed by atoms with Crippen molar-refractivity contribution < 1.29 is 24.1 Å². The second kappa shape index (κ2) is 11.1. The molecule has 0 bridgehead atoms. The fourth-order valence-electron chi connectivity index (χ4n) is 4.98. The molecule has 0 saturated carbocycles. The predicted molar refractivity (Wildman–Crippen MR) is 150 cm³/mol. The number of hydrogen-bond donors (Lipinski definition) is 2. The van der Waals surface area contributed by atoms with E-state index in [1.807, 2.05) is 12.1 Å². The Morgan fingerprint density at radius 3 is 2.26 bits per heavy atom. The van der Waals surface area contributed by atoms with E-state index in [9.17, 15) is 9.90 Å². The lowest BCUT2D eigenvalue weighted by Gasteiger charge is -2.34. The van der Waals surface area contributed by atoms with Crippen LogP contribution in [0.4, 0.5) is 22.7 Å². The van der Waals surface area contributed by atoms with Gasteiger partial charge in [-0.25, -0.2) is 9.78 Å². The number of carboxylic acids is 1. The molecule has 1 fully saturated rings. The van der Waals surface area contributed by atoms with E-state index in [1.165, 1.54) is 0 Å². The third kappa shape index (κ3) is 5.36. The van der Waals surface area contributed by atoms with Crippen molar-refractivity contribution in [1.29, 1.82) is 0 Å². The molecule has 13 heteroatoms. The number of anilines is 4. The summed E-state index contributed by atoms with van der Waals surface area (Å²) in [6.07, 6.45) is 0.821. The maximum Gasteiger partial charge on any atom is 0.347 e. The first-order valence-corrected chi connectivity index (χ1v) is 13.5. The quantitative estimate of drug-likeness (QED) is 0.403. The van der Waals surface area contributed by atoms with Crippen LogP contribution in [0.5, 0.6) is 17.2 Å². The summed E-state index contributed by atoms with van der Waals surface area (Å²) in [5.41, 5.74) is 2.56. The number of nitrogens with one attached hydrogen (secondary N) is 1. The Bertz CT molecular complexity index is 1350. The van der Waals surface area contributed by atoms with Gasteiger partial charge in [0.05, 0.1) is 27.0 Å². The molecule has 0 atom stereocenters. The van der Waals surface area contributed by atoms with Crippen LogP contribution >= 0.6 is 11.3 Å². The molecule has 0 spiro atoms. The van der Waals surface area contributed by atoms with Gasteiger partial charge in [-0.15, -0.1) is 0 Å². The highest BCUT2D eigenvalue weighted by Gasteiger charge is 2.30. The highest BCUT2D eigenvalue weighted by atomic mass is 32.1. The summed E-state index contributed by atoms with van der Waals surface area (Å²) in [5.74, 6) is 2.91. The van der Waals surface area contributed by atoms with Crippen LogP contribution in [0.15, 0.2) is 12.1 Å². The van der Waals surface area contributed by atoms with Crippen molar-refractivity contribution in [3.63, 3.8) is 0 Å². The van der Waals surface area contributed by atoms with Gasteiger partial charge in [0, 0.05) is 44.8 Å². The molecule has 3 aromatic rings. The van der Waals surface area contributed by atoms with Crippen LogP contribution in [-0.2, 0) is 13.0 Å². The highest BCUT2D eigenvalue weighted by Crippen LogP contribution is 2.40. The monoisotopic (exact) mass is 555 g/mol. The topological polar surface area (TPSA) is 125 Å². The standard InChI is InChI=1S/C26H33N7O5S/c1-15-21(24(34)35)39-26(27-15)30-25-28-22(32-10-8-31(2)9-11-32)17-6-7-33(23(17)29-25)14-16-12-18(36-3)20(38-5)19(13-16)37-4/h12-13H,6-11,14H2,1-5H3,(H,34,35)(H,27,28,29,30). The molecule has 1 saturated heterocycles. The molecule has 208 valence electrons. The number of ether oxygens (including phenoxy) is 3. The van der Waals surface area contributed by atoms with Gasteiger partial charge in [0.1, 0.15) is 16.5 Å². The summed E-state index contributed by atoms with van der Waals surface area (Å²) < 4.78 is 16.6. The van der Waals surface area contributed by atoms with Gasteiger partial charge in [-0.1, -0.05) is 11.3 Å². The number of benzene rings is 1. The van der Waals surface area contributed by atoms with E-state index < -0.39 is 5.97 Å². The van der Waals surface area contributed by atoms with Crippen LogP contribution in [0.2, 0.25) is 0 Å².